The fourth-order valence-corrected chi connectivity index (χ4v) is 5.17. The quantitative estimate of drug-likeness (QED) is 0.284. The minimum Gasteiger partial charge on any atom is -0.382 e. The fourth-order valence-electron chi connectivity index (χ4n) is 5.04. The zero-order chi connectivity index (χ0) is 30.5. The van der Waals surface area contributed by atoms with E-state index in [4.69, 9.17) is 11.6 Å². The topological polar surface area (TPSA) is 152 Å². The Kier molecular flexibility index (Phi) is 6.96. The Morgan fingerprint density at radius 3 is 2.49 bits per heavy atom. The molecule has 43 heavy (non-hydrogen) atoms. The van der Waals surface area contributed by atoms with Gasteiger partial charge < -0.3 is 20.6 Å². The van der Waals surface area contributed by atoms with E-state index >= 15 is 0 Å². The van der Waals surface area contributed by atoms with Crippen LogP contribution >= 0.6 is 11.6 Å². The molecule has 2 aromatic carbocycles. The van der Waals surface area contributed by atoms with Crippen LogP contribution in [-0.2, 0) is 13.1 Å². The number of urea groups is 1. The molecule has 3 amide bonds. The van der Waals surface area contributed by atoms with Gasteiger partial charge in [-0.2, -0.15) is 13.2 Å². The molecule has 17 heteroatoms. The lowest BCUT2D eigenvalue weighted by atomic mass is 9.90. The van der Waals surface area contributed by atoms with Crippen LogP contribution in [0, 0.1) is 0 Å². The highest BCUT2D eigenvalue weighted by molar-refractivity contribution is 6.30. The minimum atomic E-state index is -4.96. The summed E-state index contributed by atoms with van der Waals surface area (Å²) in [6.45, 7) is -0.278. The van der Waals surface area contributed by atoms with Crippen LogP contribution in [0.3, 0.4) is 0 Å². The third-order valence-corrected chi connectivity index (χ3v) is 7.46. The van der Waals surface area contributed by atoms with Crippen molar-refractivity contribution in [2.75, 3.05) is 19.6 Å². The average Bonchev–Trinajstić information content (AvgIpc) is 3.66. The monoisotopic (exact) mass is 617 g/mol. The van der Waals surface area contributed by atoms with Crippen LogP contribution in [0.5, 0.6) is 0 Å². The third-order valence-electron chi connectivity index (χ3n) is 7.21. The summed E-state index contributed by atoms with van der Waals surface area (Å²) in [5.41, 5.74) is -0.353. The first-order valence-electron chi connectivity index (χ1n) is 13.0. The van der Waals surface area contributed by atoms with E-state index in [1.807, 2.05) is 0 Å². The summed E-state index contributed by atoms with van der Waals surface area (Å²) < 4.78 is 42.4. The smallest absolute Gasteiger partial charge is 0.382 e. The van der Waals surface area contributed by atoms with Crippen LogP contribution in [0.25, 0.3) is 17.1 Å². The zero-order valence-corrected chi connectivity index (χ0v) is 22.9. The first-order chi connectivity index (χ1) is 20.4. The molecule has 0 saturated carbocycles. The number of carbonyl (C=O) groups is 2. The predicted molar refractivity (Wildman–Crippen MR) is 145 cm³/mol. The maximum Gasteiger partial charge on any atom is 0.416 e. The Morgan fingerprint density at radius 1 is 1.09 bits per heavy atom. The lowest BCUT2D eigenvalue weighted by Gasteiger charge is -2.47. The van der Waals surface area contributed by atoms with Gasteiger partial charge in [0.15, 0.2) is 17.8 Å². The number of hydrogen-bond acceptors (Lipinski definition) is 7. The number of halogens is 4. The molecule has 1 unspecified atom stereocenters. The Hall–Kier alpha value is -4.70. The van der Waals surface area contributed by atoms with Crippen molar-refractivity contribution in [2.24, 2.45) is 0 Å². The van der Waals surface area contributed by atoms with Crippen molar-refractivity contribution in [3.8, 4) is 17.1 Å². The molecule has 6 rings (SSSR count). The lowest BCUT2D eigenvalue weighted by Crippen LogP contribution is -2.70. The Labute approximate surface area is 245 Å². The summed E-state index contributed by atoms with van der Waals surface area (Å²) in [5.74, 6) is -0.290. The van der Waals surface area contributed by atoms with Gasteiger partial charge in [-0.25, -0.2) is 23.9 Å². The third kappa shape index (κ3) is 5.46. The molecular formula is C26H23ClF3N9O4. The Balaban J connectivity index is 1.26. The summed E-state index contributed by atoms with van der Waals surface area (Å²) in [5, 5.41) is 24.2. The standard InChI is InChI=1S/C26H23ClF3N9O4/c27-16-7-5-15(6-8-16)21-35-38(24(43)37(21)9-19(40)26(28,29)30)10-20-32-14-39(34-20)18-4-2-1-3-17(18)22(41)36-12-25(13-36)11-31-23(42)33-25/h1-8,14,19,40H,9-13H2,(H2,31,33,42). The summed E-state index contributed by atoms with van der Waals surface area (Å²) in [6.07, 6.45) is -6.42. The van der Waals surface area contributed by atoms with Crippen LogP contribution in [0.2, 0.25) is 5.02 Å². The molecule has 2 saturated heterocycles. The summed E-state index contributed by atoms with van der Waals surface area (Å²) in [6, 6.07) is 12.4. The number of hydrogen-bond donors (Lipinski definition) is 3. The molecule has 2 aliphatic rings. The first-order valence-corrected chi connectivity index (χ1v) is 13.3. The van der Waals surface area contributed by atoms with Gasteiger partial charge >= 0.3 is 17.9 Å². The van der Waals surface area contributed by atoms with Crippen LogP contribution < -0.4 is 16.3 Å². The van der Waals surface area contributed by atoms with E-state index in [1.165, 1.54) is 35.3 Å². The molecule has 2 fully saturated rings. The van der Waals surface area contributed by atoms with Crippen LogP contribution in [0.15, 0.2) is 59.7 Å². The van der Waals surface area contributed by atoms with E-state index in [0.29, 0.717) is 41.5 Å². The highest BCUT2D eigenvalue weighted by atomic mass is 35.5. The maximum atomic E-state index is 13.3. The molecule has 2 aliphatic heterocycles. The van der Waals surface area contributed by atoms with Crippen LogP contribution in [-0.4, -0.2) is 88.5 Å². The zero-order valence-electron chi connectivity index (χ0n) is 22.1. The van der Waals surface area contributed by atoms with E-state index < -0.39 is 30.1 Å². The van der Waals surface area contributed by atoms with Gasteiger partial charge in [0.05, 0.1) is 23.3 Å². The second-order valence-corrected chi connectivity index (χ2v) is 10.7. The molecule has 224 valence electrons. The van der Waals surface area contributed by atoms with Crippen molar-refractivity contribution in [3.05, 3.63) is 81.8 Å². The molecule has 3 N–H and O–H groups in total. The normalized spacial score (nSPS) is 16.6. The van der Waals surface area contributed by atoms with Crippen molar-refractivity contribution < 1.29 is 27.9 Å². The number of nitrogens with one attached hydrogen (secondary N) is 2. The highest BCUT2D eigenvalue weighted by Gasteiger charge is 2.50. The number of aliphatic hydroxyl groups is 1. The molecule has 1 spiro atoms. The van der Waals surface area contributed by atoms with Gasteiger partial charge in [-0.15, -0.1) is 10.2 Å². The number of nitrogens with zero attached hydrogens (tertiary/aromatic N) is 7. The summed E-state index contributed by atoms with van der Waals surface area (Å²) in [7, 11) is 0. The highest BCUT2D eigenvalue weighted by Crippen LogP contribution is 2.27. The number of likely N-dealkylation sites (tertiary alicyclic amines) is 1. The average molecular weight is 618 g/mol. The van der Waals surface area contributed by atoms with E-state index in [9.17, 15) is 32.7 Å². The van der Waals surface area contributed by atoms with Crippen molar-refractivity contribution in [1.29, 1.82) is 0 Å². The Bertz CT molecular complexity index is 1760. The summed E-state index contributed by atoms with van der Waals surface area (Å²) >= 11 is 5.93. The second-order valence-electron chi connectivity index (χ2n) is 10.3. The lowest BCUT2D eigenvalue weighted by molar-refractivity contribution is -0.207. The molecule has 4 heterocycles. The number of aromatic nitrogens is 6. The van der Waals surface area contributed by atoms with E-state index in [0.717, 1.165) is 9.25 Å². The first kappa shape index (κ1) is 28.4. The number of carbonyl (C=O) groups excluding carboxylic acids is 2. The maximum absolute atomic E-state index is 13.3. The van der Waals surface area contributed by atoms with E-state index in [-0.39, 0.29) is 30.1 Å². The molecule has 13 nitrogen and oxygen atoms in total. The summed E-state index contributed by atoms with van der Waals surface area (Å²) in [4.78, 5) is 43.8. The number of benzene rings is 2. The van der Waals surface area contributed by atoms with Crippen molar-refractivity contribution in [2.45, 2.75) is 30.9 Å². The van der Waals surface area contributed by atoms with Gasteiger partial charge in [-0.1, -0.05) is 23.7 Å². The van der Waals surface area contributed by atoms with Crippen LogP contribution in [0.1, 0.15) is 16.2 Å². The van der Waals surface area contributed by atoms with Gasteiger partial charge in [0.25, 0.3) is 5.91 Å². The van der Waals surface area contributed by atoms with Crippen molar-refractivity contribution in [3.63, 3.8) is 0 Å². The molecule has 0 bridgehead atoms. The van der Waals surface area contributed by atoms with Crippen LogP contribution in [0.4, 0.5) is 18.0 Å². The number of amides is 3. The van der Waals surface area contributed by atoms with Gasteiger partial charge in [0.2, 0.25) is 0 Å². The van der Waals surface area contributed by atoms with Crippen molar-refractivity contribution >= 4 is 23.5 Å². The Morgan fingerprint density at radius 2 is 1.81 bits per heavy atom. The number of aliphatic hydroxyl groups excluding tert-OH is 1. The minimum absolute atomic E-state index is 0.0932. The molecule has 1 atom stereocenters. The predicted octanol–water partition coefficient (Wildman–Crippen LogP) is 1.42. The number of para-hydroxylation sites is 1. The van der Waals surface area contributed by atoms with Gasteiger partial charge in [0.1, 0.15) is 12.9 Å². The molecule has 2 aromatic heterocycles. The van der Waals surface area contributed by atoms with Gasteiger partial charge in [-0.3, -0.25) is 9.36 Å². The molecule has 0 aliphatic carbocycles. The van der Waals surface area contributed by atoms with E-state index in [1.54, 1.807) is 29.2 Å². The second kappa shape index (κ2) is 10.5. The SMILES string of the molecule is O=C1NCC2(CN(C(=O)c3ccccc3-n3cnc(Cn4nc(-c5ccc(Cl)cc5)n(CC(O)C(F)(F)F)c4=O)n3)C2)N1. The van der Waals surface area contributed by atoms with Crippen molar-refractivity contribution in [1.82, 2.24) is 44.6 Å². The fraction of sp³-hybridized carbons (Fsp3) is 0.308. The van der Waals surface area contributed by atoms with Gasteiger partial charge in [-0.05, 0) is 36.4 Å². The number of rotatable bonds is 7. The van der Waals surface area contributed by atoms with Gasteiger partial charge in [0, 0.05) is 30.2 Å². The molecule has 0 radical (unpaired) electrons. The molecule has 4 aromatic rings. The largest absolute Gasteiger partial charge is 0.416 e. The molecular weight excluding hydrogens is 595 g/mol. The van der Waals surface area contributed by atoms with E-state index in [2.05, 4.69) is 25.8 Å². The number of alkyl halides is 3.